The Morgan fingerprint density at radius 2 is 1.80 bits per heavy atom. The zero-order valence-corrected chi connectivity index (χ0v) is 25.7. The Hall–Kier alpha value is -4.61. The highest BCUT2D eigenvalue weighted by atomic mass is 32.2. The molecule has 4 N–H and O–H groups in total. The first-order valence-corrected chi connectivity index (χ1v) is 15.3. The van der Waals surface area contributed by atoms with E-state index in [1.54, 1.807) is 29.9 Å². The number of fused-ring (bicyclic) bond motifs is 1. The number of para-hydroxylation sites is 2. The number of nitrogens with one attached hydrogen (secondary N) is 4. The van der Waals surface area contributed by atoms with Crippen molar-refractivity contribution in [1.29, 1.82) is 0 Å². The second kappa shape index (κ2) is 13.8. The molecule has 0 spiro atoms. The number of hydrogen-bond acceptors (Lipinski definition) is 7. The first-order chi connectivity index (χ1) is 21.2. The summed E-state index contributed by atoms with van der Waals surface area (Å²) in [5.74, 6) is 0.740. The number of oxazole rings is 1. The summed E-state index contributed by atoms with van der Waals surface area (Å²) in [5, 5.41) is 11.8. The largest absolute Gasteiger partial charge is 0.447 e. The van der Waals surface area contributed by atoms with Crippen LogP contribution in [0.25, 0.3) is 11.1 Å². The van der Waals surface area contributed by atoms with Gasteiger partial charge in [-0.25, -0.2) is 9.78 Å². The molecule has 5 rings (SSSR count). The number of benzene rings is 3. The molecule has 1 aromatic heterocycles. The number of anilines is 2. The minimum absolute atomic E-state index is 0.160. The number of aromatic nitrogens is 1. The van der Waals surface area contributed by atoms with Crippen LogP contribution in [0.4, 0.5) is 16.2 Å². The molecule has 4 amide bonds. The van der Waals surface area contributed by atoms with Gasteiger partial charge in [-0.3, -0.25) is 9.59 Å². The molecule has 1 aliphatic heterocycles. The third-order valence-corrected chi connectivity index (χ3v) is 8.45. The number of thioether (sulfide) groups is 1. The van der Waals surface area contributed by atoms with Crippen LogP contribution in [0.15, 0.2) is 94.7 Å². The molecule has 2 heterocycles. The number of nitrogens with zero attached hydrogens (tertiary/aromatic N) is 2. The Kier molecular flexibility index (Phi) is 9.66. The summed E-state index contributed by atoms with van der Waals surface area (Å²) in [6, 6.07) is 22.4. The number of carbonyl (C=O) groups excluding carboxylic acids is 3. The molecule has 0 bridgehead atoms. The normalized spacial score (nSPS) is 14.8. The minimum atomic E-state index is -0.688. The molecule has 1 atom stereocenters. The fourth-order valence-electron chi connectivity index (χ4n) is 4.99. The van der Waals surface area contributed by atoms with Crippen molar-refractivity contribution in [2.45, 2.75) is 49.8 Å². The zero-order valence-electron chi connectivity index (χ0n) is 24.9. The van der Waals surface area contributed by atoms with Gasteiger partial charge in [0.2, 0.25) is 5.91 Å². The van der Waals surface area contributed by atoms with E-state index in [0.717, 1.165) is 27.3 Å². The summed E-state index contributed by atoms with van der Waals surface area (Å²) in [7, 11) is 1.57. The molecule has 228 valence electrons. The van der Waals surface area contributed by atoms with E-state index in [1.165, 1.54) is 6.39 Å². The van der Waals surface area contributed by atoms with Crippen molar-refractivity contribution in [2.75, 3.05) is 23.0 Å². The van der Waals surface area contributed by atoms with E-state index in [1.807, 2.05) is 86.6 Å². The summed E-state index contributed by atoms with van der Waals surface area (Å²) < 4.78 is 5.28. The lowest BCUT2D eigenvalue weighted by Crippen LogP contribution is -2.51. The van der Waals surface area contributed by atoms with Crippen LogP contribution in [0.3, 0.4) is 0 Å². The highest BCUT2D eigenvalue weighted by Gasteiger charge is 2.33. The lowest BCUT2D eigenvalue weighted by molar-refractivity contribution is -0.127. The maximum absolute atomic E-state index is 14.0. The third-order valence-electron chi connectivity index (χ3n) is 7.30. The molecule has 3 aromatic carbocycles. The molecule has 0 radical (unpaired) electrons. The Morgan fingerprint density at radius 3 is 2.55 bits per heavy atom. The fourth-order valence-corrected chi connectivity index (χ4v) is 6.06. The smallest absolute Gasteiger partial charge is 0.318 e. The maximum Gasteiger partial charge on any atom is 0.318 e. The van der Waals surface area contributed by atoms with Gasteiger partial charge < -0.3 is 30.6 Å². The van der Waals surface area contributed by atoms with E-state index in [4.69, 9.17) is 4.42 Å². The summed E-state index contributed by atoms with van der Waals surface area (Å²) in [6.07, 6.45) is 3.19. The van der Waals surface area contributed by atoms with Crippen molar-refractivity contribution in [3.8, 4) is 11.1 Å². The first kappa shape index (κ1) is 30.8. The molecule has 11 heteroatoms. The average molecular weight is 613 g/mol. The molecule has 0 aliphatic carbocycles. The Balaban J connectivity index is 1.30. The third kappa shape index (κ3) is 7.66. The van der Waals surface area contributed by atoms with Crippen molar-refractivity contribution in [2.24, 2.45) is 0 Å². The number of amides is 4. The van der Waals surface area contributed by atoms with Crippen LogP contribution < -0.4 is 26.2 Å². The van der Waals surface area contributed by atoms with Crippen LogP contribution in [0.5, 0.6) is 0 Å². The van der Waals surface area contributed by atoms with E-state index in [9.17, 15) is 14.4 Å². The Labute approximate surface area is 261 Å². The topological polar surface area (TPSA) is 129 Å². The molecule has 1 aliphatic rings. The Morgan fingerprint density at radius 1 is 1.05 bits per heavy atom. The fraction of sp³-hybridized carbons (Fsp3) is 0.273. The molecule has 0 saturated heterocycles. The molecular formula is C33H36N6O4S. The highest BCUT2D eigenvalue weighted by molar-refractivity contribution is 7.99. The van der Waals surface area contributed by atoms with E-state index in [2.05, 4.69) is 26.3 Å². The molecular weight excluding hydrogens is 576 g/mol. The first-order valence-electron chi connectivity index (χ1n) is 14.3. The van der Waals surface area contributed by atoms with Crippen LogP contribution in [-0.4, -0.2) is 47.2 Å². The maximum atomic E-state index is 14.0. The predicted octanol–water partition coefficient (Wildman–Crippen LogP) is 5.18. The van der Waals surface area contributed by atoms with Gasteiger partial charge in [-0.15, -0.1) is 11.8 Å². The van der Waals surface area contributed by atoms with E-state index in [0.29, 0.717) is 30.3 Å². The molecule has 0 saturated carbocycles. The van der Waals surface area contributed by atoms with Crippen LogP contribution in [0, 0.1) is 0 Å². The molecule has 0 fully saturated rings. The summed E-state index contributed by atoms with van der Waals surface area (Å²) in [5.41, 5.74) is 3.74. The second-order valence-electron chi connectivity index (χ2n) is 11.2. The number of urea groups is 1. The van der Waals surface area contributed by atoms with Crippen LogP contribution in [-0.2, 0) is 22.7 Å². The standard InChI is InChI=1S/C33H36N6O4S/c1-33(2,36-18-24-17-35-21-43-24)16-30(40)37-27-20-44-29-11-7-6-10-28(29)39(31(27)41)19-22-12-14-23(15-13-22)25-8-4-5-9-26(25)38-32(42)34-3/h4-15,17,21,27,36H,16,18-20H2,1-3H3,(H,37,40)(H2,34,38,42)/t27-/m1/s1. The zero-order chi connectivity index (χ0) is 31.1. The Bertz CT molecular complexity index is 1610. The second-order valence-corrected chi connectivity index (χ2v) is 12.2. The van der Waals surface area contributed by atoms with Gasteiger partial charge >= 0.3 is 6.03 Å². The minimum Gasteiger partial charge on any atom is -0.447 e. The SMILES string of the molecule is CNC(=O)Nc1ccccc1-c1ccc(CN2C(=O)[C@H](NC(=O)CC(C)(C)NCc3cnco3)CSc3ccccc32)cc1. The van der Waals surface area contributed by atoms with Gasteiger partial charge in [0.15, 0.2) is 6.39 Å². The summed E-state index contributed by atoms with van der Waals surface area (Å²) in [6.45, 7) is 4.65. The van der Waals surface area contributed by atoms with Crippen LogP contribution in [0.1, 0.15) is 31.6 Å². The molecule has 10 nitrogen and oxygen atoms in total. The van der Waals surface area contributed by atoms with Gasteiger partial charge in [0.1, 0.15) is 11.8 Å². The highest BCUT2D eigenvalue weighted by Crippen LogP contribution is 2.36. The van der Waals surface area contributed by atoms with E-state index < -0.39 is 11.6 Å². The number of carbonyl (C=O) groups is 3. The van der Waals surface area contributed by atoms with Gasteiger partial charge in [0.25, 0.3) is 5.91 Å². The van der Waals surface area contributed by atoms with E-state index >= 15 is 0 Å². The number of rotatable bonds is 10. The van der Waals surface area contributed by atoms with Gasteiger partial charge in [0.05, 0.1) is 30.7 Å². The molecule has 0 unspecified atom stereocenters. The van der Waals surface area contributed by atoms with Crippen LogP contribution >= 0.6 is 11.8 Å². The van der Waals surface area contributed by atoms with Crippen molar-refractivity contribution in [3.63, 3.8) is 0 Å². The number of hydrogen-bond donors (Lipinski definition) is 4. The van der Waals surface area contributed by atoms with Crippen molar-refractivity contribution < 1.29 is 18.8 Å². The average Bonchev–Trinajstić information content (AvgIpc) is 3.51. The summed E-state index contributed by atoms with van der Waals surface area (Å²) in [4.78, 5) is 45.7. The summed E-state index contributed by atoms with van der Waals surface area (Å²) >= 11 is 1.56. The lowest BCUT2D eigenvalue weighted by Gasteiger charge is -2.28. The molecule has 44 heavy (non-hydrogen) atoms. The van der Waals surface area contributed by atoms with Gasteiger partial charge in [0, 0.05) is 35.2 Å². The molecule has 4 aromatic rings. The quantitative estimate of drug-likeness (QED) is 0.194. The predicted molar refractivity (Wildman–Crippen MR) is 172 cm³/mol. The van der Waals surface area contributed by atoms with Gasteiger partial charge in [-0.1, -0.05) is 54.6 Å². The van der Waals surface area contributed by atoms with E-state index in [-0.39, 0.29) is 24.3 Å². The van der Waals surface area contributed by atoms with Gasteiger partial charge in [-0.05, 0) is 43.2 Å². The van der Waals surface area contributed by atoms with Crippen LogP contribution in [0.2, 0.25) is 0 Å². The lowest BCUT2D eigenvalue weighted by atomic mass is 9.99. The monoisotopic (exact) mass is 612 g/mol. The van der Waals surface area contributed by atoms with Crippen molar-refractivity contribution in [1.82, 2.24) is 20.9 Å². The van der Waals surface area contributed by atoms with Crippen molar-refractivity contribution in [3.05, 3.63) is 96.7 Å². The van der Waals surface area contributed by atoms with Crippen molar-refractivity contribution >= 4 is 41.0 Å². The van der Waals surface area contributed by atoms with Gasteiger partial charge in [-0.2, -0.15) is 0 Å².